The first-order valence-electron chi connectivity index (χ1n) is 7.82. The van der Waals surface area contributed by atoms with Crippen molar-refractivity contribution in [1.29, 1.82) is 0 Å². The van der Waals surface area contributed by atoms with Crippen LogP contribution in [0.1, 0.15) is 25.7 Å². The lowest BCUT2D eigenvalue weighted by Crippen LogP contribution is -2.37. The van der Waals surface area contributed by atoms with Crippen molar-refractivity contribution in [2.75, 3.05) is 12.8 Å². The van der Waals surface area contributed by atoms with Gasteiger partial charge in [-0.1, -0.05) is 43.2 Å². The largest absolute Gasteiger partial charge is 0.316 e. The van der Waals surface area contributed by atoms with Gasteiger partial charge in [0.25, 0.3) is 0 Å². The fraction of sp³-hybridized carbons (Fsp3) is 0.444. The summed E-state index contributed by atoms with van der Waals surface area (Å²) in [6.45, 7) is 0. The van der Waals surface area contributed by atoms with Crippen LogP contribution in [0.15, 0.2) is 47.4 Å². The highest BCUT2D eigenvalue weighted by atomic mass is 32.2. The van der Waals surface area contributed by atoms with Crippen molar-refractivity contribution < 1.29 is 4.21 Å². The molecule has 112 valence electrons. The van der Waals surface area contributed by atoms with E-state index in [9.17, 15) is 4.21 Å². The van der Waals surface area contributed by atoms with E-state index in [4.69, 9.17) is 0 Å². The molecule has 2 nitrogen and oxygen atoms in total. The first-order valence-corrected chi connectivity index (χ1v) is 9.14. The Bertz CT molecular complexity index is 634. The van der Waals surface area contributed by atoms with Gasteiger partial charge in [-0.15, -0.1) is 0 Å². The van der Waals surface area contributed by atoms with E-state index in [1.54, 1.807) is 0 Å². The highest BCUT2D eigenvalue weighted by molar-refractivity contribution is 7.85. The standard InChI is InChI=1S/C18H23NOS/c1-19-18(15-7-3-4-8-15)13-21(20)17-11-10-14-6-2-5-9-16(14)12-17/h2,5-6,9-12,15,18-19H,3-4,7-8,13H2,1H3. The smallest absolute Gasteiger partial charge is 0.0545 e. The Balaban J connectivity index is 1.76. The van der Waals surface area contributed by atoms with Crippen LogP contribution in [-0.4, -0.2) is 23.1 Å². The zero-order chi connectivity index (χ0) is 14.7. The Labute approximate surface area is 129 Å². The monoisotopic (exact) mass is 301 g/mol. The van der Waals surface area contributed by atoms with Crippen molar-refractivity contribution in [3.05, 3.63) is 42.5 Å². The first-order chi connectivity index (χ1) is 10.3. The predicted octanol–water partition coefficient (Wildman–Crippen LogP) is 3.73. The van der Waals surface area contributed by atoms with Crippen LogP contribution in [0.2, 0.25) is 0 Å². The number of rotatable bonds is 5. The molecule has 0 amide bonds. The molecule has 0 radical (unpaired) electrons. The van der Waals surface area contributed by atoms with Crippen LogP contribution in [0.25, 0.3) is 10.8 Å². The van der Waals surface area contributed by atoms with E-state index in [1.807, 2.05) is 25.2 Å². The number of hydrogen-bond donors (Lipinski definition) is 1. The topological polar surface area (TPSA) is 29.1 Å². The molecule has 1 fully saturated rings. The summed E-state index contributed by atoms with van der Waals surface area (Å²) in [6, 6.07) is 14.8. The molecule has 0 spiro atoms. The normalized spacial score (nSPS) is 18.9. The summed E-state index contributed by atoms with van der Waals surface area (Å²) in [6.07, 6.45) is 5.21. The van der Waals surface area contributed by atoms with Crippen LogP contribution in [-0.2, 0) is 10.8 Å². The van der Waals surface area contributed by atoms with Crippen LogP contribution in [0, 0.1) is 5.92 Å². The van der Waals surface area contributed by atoms with Crippen molar-refractivity contribution in [3.63, 3.8) is 0 Å². The van der Waals surface area contributed by atoms with Gasteiger partial charge in [-0.25, -0.2) is 0 Å². The van der Waals surface area contributed by atoms with Crippen molar-refractivity contribution in [1.82, 2.24) is 5.32 Å². The van der Waals surface area contributed by atoms with Crippen LogP contribution in [0.3, 0.4) is 0 Å². The van der Waals surface area contributed by atoms with Crippen molar-refractivity contribution in [2.45, 2.75) is 36.6 Å². The van der Waals surface area contributed by atoms with E-state index in [2.05, 4.69) is 29.6 Å². The quantitative estimate of drug-likeness (QED) is 0.912. The molecule has 0 heterocycles. The van der Waals surface area contributed by atoms with Gasteiger partial charge in [0.1, 0.15) is 0 Å². The summed E-state index contributed by atoms with van der Waals surface area (Å²) in [7, 11) is 1.07. The van der Waals surface area contributed by atoms with E-state index in [0.717, 1.165) is 10.6 Å². The summed E-state index contributed by atoms with van der Waals surface area (Å²) in [4.78, 5) is 0.951. The zero-order valence-corrected chi connectivity index (χ0v) is 13.4. The summed E-state index contributed by atoms with van der Waals surface area (Å²) >= 11 is 0. The van der Waals surface area contributed by atoms with Crippen LogP contribution >= 0.6 is 0 Å². The molecule has 1 N–H and O–H groups in total. The van der Waals surface area contributed by atoms with Gasteiger partial charge in [-0.05, 0) is 48.7 Å². The number of fused-ring (bicyclic) bond motifs is 1. The Morgan fingerprint density at radius 2 is 1.86 bits per heavy atom. The minimum Gasteiger partial charge on any atom is -0.316 e. The second kappa shape index (κ2) is 6.71. The minimum atomic E-state index is -0.928. The molecular formula is C18H23NOS. The Hall–Kier alpha value is -1.19. The molecule has 1 saturated carbocycles. The van der Waals surface area contributed by atoms with E-state index < -0.39 is 10.8 Å². The third kappa shape index (κ3) is 3.35. The average Bonchev–Trinajstić information content (AvgIpc) is 3.06. The fourth-order valence-corrected chi connectivity index (χ4v) is 4.82. The van der Waals surface area contributed by atoms with Gasteiger partial charge in [0.2, 0.25) is 0 Å². The lowest BCUT2D eigenvalue weighted by atomic mass is 10.0. The molecule has 0 aliphatic heterocycles. The summed E-state index contributed by atoms with van der Waals surface area (Å²) in [5, 5.41) is 5.77. The molecule has 2 unspecified atom stereocenters. The van der Waals surface area contributed by atoms with E-state index in [-0.39, 0.29) is 0 Å². The van der Waals surface area contributed by atoms with Crippen LogP contribution < -0.4 is 5.32 Å². The first kappa shape index (κ1) is 14.7. The molecule has 3 heteroatoms. The van der Waals surface area contributed by atoms with E-state index in [1.165, 1.54) is 36.5 Å². The van der Waals surface area contributed by atoms with E-state index in [0.29, 0.717) is 12.0 Å². The molecule has 2 aromatic rings. The lowest BCUT2D eigenvalue weighted by molar-refractivity contribution is 0.408. The average molecular weight is 301 g/mol. The molecule has 3 rings (SSSR count). The predicted molar refractivity (Wildman–Crippen MR) is 90.0 cm³/mol. The zero-order valence-electron chi connectivity index (χ0n) is 12.5. The molecule has 1 aliphatic rings. The molecule has 2 aromatic carbocycles. The second-order valence-electron chi connectivity index (χ2n) is 5.96. The van der Waals surface area contributed by atoms with Gasteiger partial charge in [0.15, 0.2) is 0 Å². The number of benzene rings is 2. The fourth-order valence-electron chi connectivity index (χ4n) is 3.38. The Morgan fingerprint density at radius 1 is 1.14 bits per heavy atom. The maximum atomic E-state index is 12.7. The van der Waals surface area contributed by atoms with Gasteiger partial charge in [-0.3, -0.25) is 4.21 Å². The third-order valence-corrected chi connectivity index (χ3v) is 6.10. The van der Waals surface area contributed by atoms with Crippen LogP contribution in [0.4, 0.5) is 0 Å². The maximum Gasteiger partial charge on any atom is 0.0545 e. The Kier molecular flexibility index (Phi) is 4.71. The molecular weight excluding hydrogens is 278 g/mol. The van der Waals surface area contributed by atoms with Gasteiger partial charge in [0.05, 0.1) is 10.8 Å². The van der Waals surface area contributed by atoms with Gasteiger partial charge in [-0.2, -0.15) is 0 Å². The van der Waals surface area contributed by atoms with Crippen molar-refractivity contribution in [3.8, 4) is 0 Å². The number of hydrogen-bond acceptors (Lipinski definition) is 2. The van der Waals surface area contributed by atoms with Gasteiger partial charge in [0, 0.05) is 16.7 Å². The van der Waals surface area contributed by atoms with Crippen LogP contribution in [0.5, 0.6) is 0 Å². The SMILES string of the molecule is CNC(CS(=O)c1ccc2ccccc2c1)C1CCCC1. The Morgan fingerprint density at radius 3 is 2.57 bits per heavy atom. The summed E-state index contributed by atoms with van der Waals surface area (Å²) < 4.78 is 12.7. The molecule has 1 aliphatic carbocycles. The van der Waals surface area contributed by atoms with Gasteiger partial charge < -0.3 is 5.32 Å². The maximum absolute atomic E-state index is 12.7. The molecule has 0 saturated heterocycles. The van der Waals surface area contributed by atoms with Crippen molar-refractivity contribution >= 4 is 21.6 Å². The third-order valence-electron chi connectivity index (χ3n) is 4.65. The highest BCUT2D eigenvalue weighted by Gasteiger charge is 2.25. The highest BCUT2D eigenvalue weighted by Crippen LogP contribution is 2.28. The van der Waals surface area contributed by atoms with Gasteiger partial charge >= 0.3 is 0 Å². The minimum absolute atomic E-state index is 0.375. The number of nitrogens with one attached hydrogen (secondary N) is 1. The summed E-state index contributed by atoms with van der Waals surface area (Å²) in [5.41, 5.74) is 0. The second-order valence-corrected chi connectivity index (χ2v) is 7.46. The van der Waals surface area contributed by atoms with Crippen molar-refractivity contribution in [2.24, 2.45) is 5.92 Å². The molecule has 21 heavy (non-hydrogen) atoms. The molecule has 2 atom stereocenters. The molecule has 0 bridgehead atoms. The molecule has 0 aromatic heterocycles. The van der Waals surface area contributed by atoms with E-state index >= 15 is 0 Å². The lowest BCUT2D eigenvalue weighted by Gasteiger charge is -2.22. The summed E-state index contributed by atoms with van der Waals surface area (Å²) in [5.74, 6) is 1.42.